The second-order valence-corrected chi connectivity index (χ2v) is 5.93. The van der Waals surface area contributed by atoms with Crippen LogP contribution in [0.25, 0.3) is 10.9 Å². The Labute approximate surface area is 123 Å². The van der Waals surface area contributed by atoms with Crippen LogP contribution in [0.4, 0.5) is 4.79 Å². The van der Waals surface area contributed by atoms with Crippen LogP contribution in [-0.4, -0.2) is 28.3 Å². The predicted molar refractivity (Wildman–Crippen MR) is 81.1 cm³/mol. The van der Waals surface area contributed by atoms with Gasteiger partial charge in [-0.2, -0.15) is 0 Å². The van der Waals surface area contributed by atoms with Gasteiger partial charge in [0.25, 0.3) is 0 Å². The number of alkyl carbamates (subject to hydrolysis) is 1. The lowest BCUT2D eigenvalue weighted by molar-refractivity contribution is 0.0524. The van der Waals surface area contributed by atoms with Gasteiger partial charge in [0.1, 0.15) is 11.4 Å². The molecular formula is C15H21N3O3. The monoisotopic (exact) mass is 291 g/mol. The van der Waals surface area contributed by atoms with Crippen molar-refractivity contribution in [2.75, 3.05) is 6.54 Å². The first kappa shape index (κ1) is 15.2. The van der Waals surface area contributed by atoms with Crippen LogP contribution in [0.5, 0.6) is 5.75 Å². The molecule has 1 atom stereocenters. The molecule has 6 nitrogen and oxygen atoms in total. The van der Waals surface area contributed by atoms with Gasteiger partial charge in [0, 0.05) is 29.2 Å². The number of benzene rings is 1. The smallest absolute Gasteiger partial charge is 0.407 e. The van der Waals surface area contributed by atoms with E-state index in [1.165, 1.54) is 0 Å². The number of aromatic nitrogens is 1. The molecule has 0 aliphatic heterocycles. The Hall–Kier alpha value is -2.21. The minimum absolute atomic E-state index is 0.132. The van der Waals surface area contributed by atoms with Crippen molar-refractivity contribution in [1.82, 2.24) is 10.3 Å². The van der Waals surface area contributed by atoms with Crippen molar-refractivity contribution < 1.29 is 14.6 Å². The number of hydrogen-bond acceptors (Lipinski definition) is 4. The van der Waals surface area contributed by atoms with Gasteiger partial charge in [0.05, 0.1) is 6.04 Å². The number of carbonyl (C=O) groups is 1. The van der Waals surface area contributed by atoms with Gasteiger partial charge in [-0.15, -0.1) is 0 Å². The summed E-state index contributed by atoms with van der Waals surface area (Å²) in [6.45, 7) is 5.55. The van der Waals surface area contributed by atoms with Gasteiger partial charge in [-0.1, -0.05) is 6.07 Å². The molecule has 2 rings (SSSR count). The average Bonchev–Trinajstić information content (AvgIpc) is 2.83. The summed E-state index contributed by atoms with van der Waals surface area (Å²) >= 11 is 0. The van der Waals surface area contributed by atoms with E-state index in [9.17, 15) is 9.90 Å². The lowest BCUT2D eigenvalue weighted by Crippen LogP contribution is -2.36. The van der Waals surface area contributed by atoms with Crippen molar-refractivity contribution in [2.24, 2.45) is 5.73 Å². The number of fused-ring (bicyclic) bond motifs is 1. The standard InChI is InChI=1S/C15H21N3O3/c1-15(2,3)21-14(20)18-8-11(16)9-4-5-12-10(13(9)19)6-7-17-12/h4-7,11,17,19H,8,16H2,1-3H3,(H,18,20)/t11-/m0/s1. The first-order chi connectivity index (χ1) is 9.78. The molecule has 0 radical (unpaired) electrons. The molecule has 5 N–H and O–H groups in total. The Morgan fingerprint density at radius 3 is 2.81 bits per heavy atom. The van der Waals surface area contributed by atoms with E-state index < -0.39 is 17.7 Å². The summed E-state index contributed by atoms with van der Waals surface area (Å²) < 4.78 is 5.14. The number of rotatable bonds is 3. The van der Waals surface area contributed by atoms with Gasteiger partial charge < -0.3 is 25.9 Å². The van der Waals surface area contributed by atoms with Crippen molar-refractivity contribution in [3.05, 3.63) is 30.0 Å². The topological polar surface area (TPSA) is 100 Å². The average molecular weight is 291 g/mol. The zero-order valence-electron chi connectivity index (χ0n) is 12.4. The molecule has 0 aliphatic carbocycles. The minimum atomic E-state index is -0.555. The third-order valence-corrected chi connectivity index (χ3v) is 3.00. The Balaban J connectivity index is 2.03. The highest BCUT2D eigenvalue weighted by atomic mass is 16.6. The second kappa shape index (κ2) is 5.65. The fourth-order valence-corrected chi connectivity index (χ4v) is 2.05. The van der Waals surface area contributed by atoms with Gasteiger partial charge >= 0.3 is 6.09 Å². The number of hydrogen-bond donors (Lipinski definition) is 4. The summed E-state index contributed by atoms with van der Waals surface area (Å²) in [6.07, 6.45) is 1.22. The molecule has 0 spiro atoms. The molecule has 2 aromatic rings. The Morgan fingerprint density at radius 2 is 2.14 bits per heavy atom. The van der Waals surface area contributed by atoms with E-state index in [2.05, 4.69) is 10.3 Å². The summed E-state index contributed by atoms with van der Waals surface area (Å²) in [6, 6.07) is 4.85. The number of aromatic amines is 1. The highest BCUT2D eigenvalue weighted by molar-refractivity contribution is 5.87. The van der Waals surface area contributed by atoms with Gasteiger partial charge in [-0.25, -0.2) is 4.79 Å². The summed E-state index contributed by atoms with van der Waals surface area (Å²) in [5.41, 5.74) is 6.89. The molecule has 21 heavy (non-hydrogen) atoms. The summed E-state index contributed by atoms with van der Waals surface area (Å²) in [5, 5.41) is 13.5. The zero-order chi connectivity index (χ0) is 15.6. The molecule has 0 bridgehead atoms. The molecule has 114 valence electrons. The predicted octanol–water partition coefficient (Wildman–Crippen LogP) is 2.40. The second-order valence-electron chi connectivity index (χ2n) is 5.93. The molecule has 1 heterocycles. The zero-order valence-corrected chi connectivity index (χ0v) is 12.4. The number of amides is 1. The van der Waals surface area contributed by atoms with Crippen molar-refractivity contribution in [3.63, 3.8) is 0 Å². The highest BCUT2D eigenvalue weighted by Gasteiger charge is 2.18. The number of nitrogens with two attached hydrogens (primary N) is 1. The van der Waals surface area contributed by atoms with Crippen LogP contribution in [0.3, 0.4) is 0 Å². The molecule has 1 aromatic carbocycles. The number of H-pyrrole nitrogens is 1. The molecule has 0 fully saturated rings. The first-order valence-corrected chi connectivity index (χ1v) is 6.79. The van der Waals surface area contributed by atoms with Crippen LogP contribution in [0.15, 0.2) is 24.4 Å². The number of nitrogens with one attached hydrogen (secondary N) is 2. The fourth-order valence-electron chi connectivity index (χ4n) is 2.05. The number of phenols is 1. The van der Waals surface area contributed by atoms with E-state index in [1.54, 1.807) is 39.1 Å². The lowest BCUT2D eigenvalue weighted by Gasteiger charge is -2.21. The third-order valence-electron chi connectivity index (χ3n) is 3.00. The van der Waals surface area contributed by atoms with Crippen molar-refractivity contribution in [3.8, 4) is 5.75 Å². The highest BCUT2D eigenvalue weighted by Crippen LogP contribution is 2.31. The summed E-state index contributed by atoms with van der Waals surface area (Å²) in [4.78, 5) is 14.6. The number of carbonyl (C=O) groups excluding carboxylic acids is 1. The minimum Gasteiger partial charge on any atom is -0.507 e. The van der Waals surface area contributed by atoms with Crippen molar-refractivity contribution >= 4 is 17.0 Å². The van der Waals surface area contributed by atoms with E-state index in [4.69, 9.17) is 10.5 Å². The van der Waals surface area contributed by atoms with Crippen molar-refractivity contribution in [1.29, 1.82) is 0 Å². The fraction of sp³-hybridized carbons (Fsp3) is 0.400. The molecule has 0 saturated carbocycles. The van der Waals surface area contributed by atoms with Gasteiger partial charge in [0.15, 0.2) is 0 Å². The largest absolute Gasteiger partial charge is 0.507 e. The Bertz CT molecular complexity index is 643. The SMILES string of the molecule is CC(C)(C)OC(=O)NC[C@H](N)c1ccc2[nH]ccc2c1O. The summed E-state index contributed by atoms with van der Waals surface area (Å²) in [5.74, 6) is 0.132. The maximum atomic E-state index is 11.6. The molecule has 0 unspecified atom stereocenters. The number of phenolic OH excluding ortho intramolecular Hbond substituents is 1. The lowest BCUT2D eigenvalue weighted by atomic mass is 10.0. The molecule has 6 heteroatoms. The van der Waals surface area contributed by atoms with E-state index in [-0.39, 0.29) is 12.3 Å². The Kier molecular flexibility index (Phi) is 4.09. The van der Waals surface area contributed by atoms with Crippen LogP contribution < -0.4 is 11.1 Å². The van der Waals surface area contributed by atoms with Crippen molar-refractivity contribution in [2.45, 2.75) is 32.4 Å². The maximum Gasteiger partial charge on any atom is 0.407 e. The normalized spacial score (nSPS) is 13.1. The van der Waals surface area contributed by atoms with E-state index >= 15 is 0 Å². The number of ether oxygens (including phenoxy) is 1. The van der Waals surface area contributed by atoms with Crippen LogP contribution in [0, 0.1) is 0 Å². The third kappa shape index (κ3) is 3.66. The van der Waals surface area contributed by atoms with Gasteiger partial charge in [0.2, 0.25) is 0 Å². The summed E-state index contributed by atoms with van der Waals surface area (Å²) in [7, 11) is 0. The van der Waals surface area contributed by atoms with Crippen LogP contribution in [-0.2, 0) is 4.74 Å². The van der Waals surface area contributed by atoms with Crippen LogP contribution >= 0.6 is 0 Å². The van der Waals surface area contributed by atoms with Gasteiger partial charge in [-0.05, 0) is 32.9 Å². The molecule has 0 saturated heterocycles. The van der Waals surface area contributed by atoms with E-state index in [0.29, 0.717) is 10.9 Å². The molecular weight excluding hydrogens is 270 g/mol. The van der Waals surface area contributed by atoms with Crippen LogP contribution in [0.1, 0.15) is 32.4 Å². The number of aromatic hydroxyl groups is 1. The molecule has 1 aromatic heterocycles. The first-order valence-electron chi connectivity index (χ1n) is 6.79. The van der Waals surface area contributed by atoms with E-state index in [0.717, 1.165) is 5.52 Å². The molecule has 1 amide bonds. The molecule has 0 aliphatic rings. The van der Waals surface area contributed by atoms with E-state index in [1.807, 2.05) is 6.07 Å². The Morgan fingerprint density at radius 1 is 1.43 bits per heavy atom. The quantitative estimate of drug-likeness (QED) is 0.697. The maximum absolute atomic E-state index is 11.6. The van der Waals surface area contributed by atoms with Gasteiger partial charge in [-0.3, -0.25) is 0 Å². The van der Waals surface area contributed by atoms with Crippen LogP contribution in [0.2, 0.25) is 0 Å².